The van der Waals surface area contributed by atoms with Crippen LogP contribution in [0.1, 0.15) is 55.7 Å². The van der Waals surface area contributed by atoms with Crippen LogP contribution in [-0.4, -0.2) is 77.9 Å². The highest BCUT2D eigenvalue weighted by molar-refractivity contribution is 7.99. The van der Waals surface area contributed by atoms with E-state index < -0.39 is 24.4 Å². The Kier molecular flexibility index (Phi) is 22.0. The molecule has 1 aromatic heterocycles. The molecule has 0 radical (unpaired) electrons. The van der Waals surface area contributed by atoms with Crippen molar-refractivity contribution in [3.05, 3.63) is 125 Å². The van der Waals surface area contributed by atoms with Crippen LogP contribution < -0.4 is 32.3 Å². The van der Waals surface area contributed by atoms with Gasteiger partial charge in [0.05, 0.1) is 17.1 Å². The number of aromatic nitrogens is 1. The summed E-state index contributed by atoms with van der Waals surface area (Å²) in [5.74, 6) is -0.524. The molecule has 0 bridgehead atoms. The van der Waals surface area contributed by atoms with Crippen molar-refractivity contribution in [2.75, 3.05) is 26.7 Å². The van der Waals surface area contributed by atoms with E-state index in [1.54, 1.807) is 42.4 Å². The molecule has 0 fully saturated rings. The lowest BCUT2D eigenvalue weighted by Gasteiger charge is -2.32. The second-order valence-electron chi connectivity index (χ2n) is 13.4. The summed E-state index contributed by atoms with van der Waals surface area (Å²) in [5, 5.41) is 27.9. The Bertz CT molecular complexity index is 1820. The number of hydrogen-bond acceptors (Lipinski definition) is 11. The first-order valence-electron chi connectivity index (χ1n) is 19.1. The van der Waals surface area contributed by atoms with E-state index in [0.717, 1.165) is 17.5 Å². The van der Waals surface area contributed by atoms with E-state index in [1.807, 2.05) is 42.5 Å². The largest absolute Gasteiger partial charge is 0.445 e. The molecule has 8 N–H and O–H groups in total. The number of ether oxygens (including phenoxy) is 1. The standard InChI is InChI=1S/C42H56Cl2N8O5S/c1-5-46-29(2)14-13-25-52(4)41(55)37(18-9-10-22-45)51-39(54)36(19-12-24-48-42(56)57-28-31-15-7-6-8-16-31)50-26-32-17-11-23-47-40(32)58-38-33(27-49-30(3)53)34(43)20-21-35(38)44/h5-8,11,13-17,20-21,23,36-37,41,46,50,55H,1-2,9-10,12,18-19,22,24-28,45H2,3-4H3,(H,48,56)(H,49,53)(H,51,54)/b14-13-/t36-,37-,41?/m0/s1. The monoisotopic (exact) mass is 854 g/mol. The molecule has 3 rings (SSSR count). The number of alkyl carbamates (subject to hydrolysis) is 1. The number of benzene rings is 2. The van der Waals surface area contributed by atoms with E-state index in [0.29, 0.717) is 70.0 Å². The van der Waals surface area contributed by atoms with Crippen LogP contribution in [0.4, 0.5) is 4.79 Å². The second-order valence-corrected chi connectivity index (χ2v) is 15.2. The van der Waals surface area contributed by atoms with Crippen LogP contribution >= 0.6 is 35.0 Å². The minimum Gasteiger partial charge on any atom is -0.445 e. The number of unbranched alkanes of at least 4 members (excludes halogenated alkanes) is 1. The Balaban J connectivity index is 1.79. The molecule has 314 valence electrons. The zero-order valence-corrected chi connectivity index (χ0v) is 35.5. The van der Waals surface area contributed by atoms with E-state index in [2.05, 4.69) is 44.7 Å². The van der Waals surface area contributed by atoms with E-state index in [9.17, 15) is 19.5 Å². The molecule has 1 heterocycles. The molecule has 16 heteroatoms. The lowest BCUT2D eigenvalue weighted by Crippen LogP contribution is -2.55. The Morgan fingerprint density at radius 1 is 1.02 bits per heavy atom. The fourth-order valence-corrected chi connectivity index (χ4v) is 7.31. The van der Waals surface area contributed by atoms with Crippen LogP contribution in [0, 0.1) is 0 Å². The van der Waals surface area contributed by atoms with Crippen LogP contribution in [0.2, 0.25) is 10.0 Å². The number of pyridine rings is 1. The number of carbonyl (C=O) groups is 3. The van der Waals surface area contributed by atoms with Gasteiger partial charge >= 0.3 is 6.09 Å². The molecule has 0 saturated carbocycles. The Hall–Kier alpha value is -4.41. The molecule has 3 amide bonds. The van der Waals surface area contributed by atoms with Crippen LogP contribution in [0.15, 0.2) is 108 Å². The number of allylic oxidation sites excluding steroid dienone is 1. The fourth-order valence-electron chi connectivity index (χ4n) is 5.68. The van der Waals surface area contributed by atoms with Gasteiger partial charge in [-0.05, 0) is 80.9 Å². The SMILES string of the molecule is C=CNC(=C)/C=C\CN(C)C(O)[C@H](CCCCN)NC(=O)[C@H](CCCNC(=O)OCc1ccccc1)NCc1cccnc1Sc1c(Cl)ccc(Cl)c1CNC(C)=O. The number of rotatable bonds is 26. The number of hydrogen-bond donors (Lipinski definition) is 7. The highest BCUT2D eigenvalue weighted by Gasteiger charge is 2.28. The van der Waals surface area contributed by atoms with Gasteiger partial charge in [0, 0.05) is 60.5 Å². The third-order valence-electron chi connectivity index (χ3n) is 8.83. The first kappa shape index (κ1) is 48.0. The van der Waals surface area contributed by atoms with Gasteiger partial charge in [-0.3, -0.25) is 14.5 Å². The van der Waals surface area contributed by atoms with Gasteiger partial charge in [-0.1, -0.05) is 97.0 Å². The summed E-state index contributed by atoms with van der Waals surface area (Å²) in [7, 11) is 1.77. The Labute approximate surface area is 356 Å². The van der Waals surface area contributed by atoms with Crippen molar-refractivity contribution < 1.29 is 24.2 Å². The van der Waals surface area contributed by atoms with E-state index in [-0.39, 0.29) is 38.1 Å². The zero-order chi connectivity index (χ0) is 42.3. The first-order valence-corrected chi connectivity index (χ1v) is 20.6. The number of halogens is 2. The van der Waals surface area contributed by atoms with E-state index >= 15 is 0 Å². The highest BCUT2D eigenvalue weighted by atomic mass is 35.5. The molecule has 58 heavy (non-hydrogen) atoms. The van der Waals surface area contributed by atoms with Crippen molar-refractivity contribution in [1.29, 1.82) is 0 Å². The maximum Gasteiger partial charge on any atom is 0.407 e. The lowest BCUT2D eigenvalue weighted by molar-refractivity contribution is -0.126. The van der Waals surface area contributed by atoms with Gasteiger partial charge in [-0.25, -0.2) is 9.78 Å². The fraction of sp³-hybridized carbons (Fsp3) is 0.381. The molecule has 2 aromatic carbocycles. The summed E-state index contributed by atoms with van der Waals surface area (Å²) < 4.78 is 5.35. The minimum absolute atomic E-state index is 0.137. The van der Waals surface area contributed by atoms with Gasteiger partial charge in [0.1, 0.15) is 17.9 Å². The summed E-state index contributed by atoms with van der Waals surface area (Å²) in [6.07, 6.45) is 7.97. The molecule has 1 unspecified atom stereocenters. The van der Waals surface area contributed by atoms with Gasteiger partial charge in [-0.15, -0.1) is 0 Å². The van der Waals surface area contributed by atoms with Crippen molar-refractivity contribution >= 4 is 52.9 Å². The van der Waals surface area contributed by atoms with E-state index in [1.165, 1.54) is 24.9 Å². The van der Waals surface area contributed by atoms with Crippen molar-refractivity contribution in [2.45, 2.75) is 87.0 Å². The van der Waals surface area contributed by atoms with Crippen LogP contribution in [0.5, 0.6) is 0 Å². The van der Waals surface area contributed by atoms with Crippen LogP contribution in [-0.2, 0) is 34.0 Å². The Morgan fingerprint density at radius 3 is 2.50 bits per heavy atom. The maximum atomic E-state index is 14.2. The number of aliphatic hydroxyl groups is 1. The number of nitrogens with one attached hydrogen (secondary N) is 5. The molecule has 0 aliphatic heterocycles. The predicted molar refractivity (Wildman–Crippen MR) is 232 cm³/mol. The highest BCUT2D eigenvalue weighted by Crippen LogP contribution is 2.39. The molecular formula is C42H56Cl2N8O5S. The predicted octanol–water partition coefficient (Wildman–Crippen LogP) is 6.01. The molecule has 3 aromatic rings. The van der Waals surface area contributed by atoms with Crippen molar-refractivity contribution in [3.8, 4) is 0 Å². The van der Waals surface area contributed by atoms with Crippen LogP contribution in [0.25, 0.3) is 0 Å². The normalized spacial score (nSPS) is 12.7. The average Bonchev–Trinajstić information content (AvgIpc) is 3.21. The van der Waals surface area contributed by atoms with E-state index in [4.69, 9.17) is 33.7 Å². The molecule has 0 aliphatic carbocycles. The number of nitrogens with zero attached hydrogens (tertiary/aromatic N) is 2. The molecular weight excluding hydrogens is 799 g/mol. The smallest absolute Gasteiger partial charge is 0.407 e. The third kappa shape index (κ3) is 17.2. The molecule has 0 aliphatic rings. The number of nitrogens with two attached hydrogens (primary N) is 1. The van der Waals surface area contributed by atoms with Crippen molar-refractivity contribution in [3.63, 3.8) is 0 Å². The summed E-state index contributed by atoms with van der Waals surface area (Å²) in [5.41, 5.74) is 8.74. The molecule has 13 nitrogen and oxygen atoms in total. The number of carbonyl (C=O) groups excluding carboxylic acids is 3. The van der Waals surface area contributed by atoms with Crippen molar-refractivity contribution in [1.82, 2.24) is 36.5 Å². The minimum atomic E-state index is -1.01. The second kappa shape index (κ2) is 26.6. The lowest BCUT2D eigenvalue weighted by atomic mass is 10.0. The maximum absolute atomic E-state index is 14.2. The Morgan fingerprint density at radius 2 is 1.78 bits per heavy atom. The van der Waals surface area contributed by atoms with Gasteiger partial charge in [-0.2, -0.15) is 0 Å². The summed E-state index contributed by atoms with van der Waals surface area (Å²) in [4.78, 5) is 45.4. The summed E-state index contributed by atoms with van der Waals surface area (Å²) in [6.45, 7) is 10.7. The number of aliphatic hydroxyl groups excluding tert-OH is 1. The number of amides is 3. The van der Waals surface area contributed by atoms with Gasteiger partial charge in [0.25, 0.3) is 0 Å². The first-order chi connectivity index (χ1) is 27.9. The van der Waals surface area contributed by atoms with Crippen LogP contribution in [0.3, 0.4) is 0 Å². The van der Waals surface area contributed by atoms with Gasteiger partial charge in [0.15, 0.2) is 0 Å². The number of likely N-dealkylation sites (N-methyl/N-ethyl adjacent to an activating group) is 1. The zero-order valence-electron chi connectivity index (χ0n) is 33.1. The molecule has 3 atom stereocenters. The van der Waals surface area contributed by atoms with Crippen molar-refractivity contribution in [2.24, 2.45) is 5.73 Å². The summed E-state index contributed by atoms with van der Waals surface area (Å²) >= 11 is 14.5. The molecule has 0 saturated heterocycles. The third-order valence-corrected chi connectivity index (χ3v) is 10.8. The summed E-state index contributed by atoms with van der Waals surface area (Å²) in [6, 6.07) is 15.1. The topological polar surface area (TPSA) is 183 Å². The van der Waals surface area contributed by atoms with Gasteiger partial charge in [0.2, 0.25) is 11.8 Å². The van der Waals surface area contributed by atoms with Gasteiger partial charge < -0.3 is 42.2 Å². The quantitative estimate of drug-likeness (QED) is 0.0286. The molecule has 0 spiro atoms. The average molecular weight is 856 g/mol.